The molecule has 1 aromatic rings. The highest BCUT2D eigenvalue weighted by Gasteiger charge is 2.24. The summed E-state index contributed by atoms with van der Waals surface area (Å²) in [7, 11) is -3.57. The van der Waals surface area contributed by atoms with Crippen LogP contribution in [0.2, 0.25) is 0 Å². The second kappa shape index (κ2) is 5.56. The van der Waals surface area contributed by atoms with Crippen LogP contribution < -0.4 is 10.5 Å². The quantitative estimate of drug-likeness (QED) is 0.820. The molecule has 1 heterocycles. The van der Waals surface area contributed by atoms with Gasteiger partial charge in [0.2, 0.25) is 10.0 Å². The van der Waals surface area contributed by atoms with Crippen LogP contribution in [0.25, 0.3) is 0 Å². The average Bonchev–Trinajstić information content (AvgIpc) is 2.33. The van der Waals surface area contributed by atoms with Gasteiger partial charge < -0.3 is 10.5 Å². The zero-order valence-electron chi connectivity index (χ0n) is 9.73. The van der Waals surface area contributed by atoms with Crippen LogP contribution in [-0.2, 0) is 14.8 Å². The van der Waals surface area contributed by atoms with Crippen LogP contribution in [0.5, 0.6) is 0 Å². The first-order valence-electron chi connectivity index (χ1n) is 5.64. The van der Waals surface area contributed by atoms with Gasteiger partial charge in [0.15, 0.2) is 0 Å². The fourth-order valence-corrected chi connectivity index (χ4v) is 4.10. The molecule has 1 aliphatic heterocycles. The molecule has 1 aliphatic rings. The lowest BCUT2D eigenvalue weighted by atomic mass is 10.1. The number of nitrogens with one attached hydrogen (secondary N) is 1. The van der Waals surface area contributed by atoms with E-state index < -0.39 is 10.0 Å². The SMILES string of the molecule is Nc1ccc(Br)c(S(=O)(=O)NC2CCCOC2)c1. The largest absolute Gasteiger partial charge is 0.399 e. The molecule has 0 amide bonds. The van der Waals surface area contributed by atoms with E-state index in [1.54, 1.807) is 12.1 Å². The second-order valence-electron chi connectivity index (χ2n) is 4.23. The topological polar surface area (TPSA) is 81.4 Å². The minimum atomic E-state index is -3.57. The molecule has 3 N–H and O–H groups in total. The van der Waals surface area contributed by atoms with E-state index >= 15 is 0 Å². The Hall–Kier alpha value is -0.630. The van der Waals surface area contributed by atoms with Gasteiger partial charge in [-0.05, 0) is 47.0 Å². The van der Waals surface area contributed by atoms with Crippen molar-refractivity contribution in [2.24, 2.45) is 0 Å². The number of halogens is 1. The standard InChI is InChI=1S/C11H15BrN2O3S/c12-10-4-3-8(13)6-11(10)18(15,16)14-9-2-1-5-17-7-9/h3-4,6,9,14H,1-2,5,7,13H2. The fraction of sp³-hybridized carbons (Fsp3) is 0.455. The normalized spacial score (nSPS) is 20.8. The van der Waals surface area contributed by atoms with Crippen LogP contribution >= 0.6 is 15.9 Å². The van der Waals surface area contributed by atoms with E-state index in [9.17, 15) is 8.42 Å². The molecular formula is C11H15BrN2O3S. The Morgan fingerprint density at radius 2 is 2.22 bits per heavy atom. The number of hydrogen-bond donors (Lipinski definition) is 2. The number of anilines is 1. The van der Waals surface area contributed by atoms with E-state index in [-0.39, 0.29) is 10.9 Å². The molecule has 1 unspecified atom stereocenters. The average molecular weight is 335 g/mol. The van der Waals surface area contributed by atoms with Gasteiger partial charge in [0, 0.05) is 22.8 Å². The lowest BCUT2D eigenvalue weighted by molar-refractivity contribution is 0.0774. The summed E-state index contributed by atoms with van der Waals surface area (Å²) in [5, 5.41) is 0. The first kappa shape index (κ1) is 13.8. The summed E-state index contributed by atoms with van der Waals surface area (Å²) in [4.78, 5) is 0.160. The Bertz CT molecular complexity index is 527. The Kier molecular flexibility index (Phi) is 4.26. The van der Waals surface area contributed by atoms with Crippen LogP contribution in [0, 0.1) is 0 Å². The number of ether oxygens (including phenoxy) is 1. The lowest BCUT2D eigenvalue weighted by Gasteiger charge is -2.23. The molecule has 0 aromatic heterocycles. The van der Waals surface area contributed by atoms with Gasteiger partial charge in [0.25, 0.3) is 0 Å². The van der Waals surface area contributed by atoms with E-state index in [2.05, 4.69) is 20.7 Å². The summed E-state index contributed by atoms with van der Waals surface area (Å²) in [6.45, 7) is 1.11. The zero-order chi connectivity index (χ0) is 13.2. The molecule has 1 atom stereocenters. The Balaban J connectivity index is 2.21. The molecule has 100 valence electrons. The molecule has 1 fully saturated rings. The number of hydrogen-bond acceptors (Lipinski definition) is 4. The molecule has 1 saturated heterocycles. The third-order valence-electron chi connectivity index (χ3n) is 2.73. The van der Waals surface area contributed by atoms with Gasteiger partial charge in [-0.25, -0.2) is 13.1 Å². The van der Waals surface area contributed by atoms with Gasteiger partial charge in [-0.15, -0.1) is 0 Å². The fourth-order valence-electron chi connectivity index (χ4n) is 1.84. The van der Waals surface area contributed by atoms with E-state index in [4.69, 9.17) is 10.5 Å². The number of benzene rings is 1. The maximum atomic E-state index is 12.2. The maximum absolute atomic E-state index is 12.2. The summed E-state index contributed by atoms with van der Waals surface area (Å²) in [5.41, 5.74) is 6.03. The van der Waals surface area contributed by atoms with Crippen molar-refractivity contribution >= 4 is 31.6 Å². The molecule has 0 aliphatic carbocycles. The molecule has 0 radical (unpaired) electrons. The van der Waals surface area contributed by atoms with Crippen LogP contribution in [-0.4, -0.2) is 27.7 Å². The van der Waals surface area contributed by atoms with Gasteiger partial charge in [-0.2, -0.15) is 0 Å². The Morgan fingerprint density at radius 1 is 1.44 bits per heavy atom. The van der Waals surface area contributed by atoms with Crippen LogP contribution in [0.15, 0.2) is 27.6 Å². The minimum absolute atomic E-state index is 0.160. The zero-order valence-corrected chi connectivity index (χ0v) is 12.1. The molecule has 5 nitrogen and oxygen atoms in total. The Morgan fingerprint density at radius 3 is 2.89 bits per heavy atom. The molecule has 0 bridgehead atoms. The summed E-state index contributed by atoms with van der Waals surface area (Å²) in [5.74, 6) is 0. The van der Waals surface area contributed by atoms with Crippen molar-refractivity contribution < 1.29 is 13.2 Å². The molecule has 2 rings (SSSR count). The summed E-state index contributed by atoms with van der Waals surface area (Å²) in [6.07, 6.45) is 1.66. The van der Waals surface area contributed by atoms with Crippen molar-refractivity contribution in [3.63, 3.8) is 0 Å². The van der Waals surface area contributed by atoms with Crippen molar-refractivity contribution in [3.8, 4) is 0 Å². The second-order valence-corrected chi connectivity index (χ2v) is 6.76. The molecular weight excluding hydrogens is 320 g/mol. The van der Waals surface area contributed by atoms with E-state index in [0.717, 1.165) is 12.8 Å². The smallest absolute Gasteiger partial charge is 0.242 e. The molecule has 0 saturated carbocycles. The van der Waals surface area contributed by atoms with Crippen molar-refractivity contribution in [1.82, 2.24) is 4.72 Å². The predicted octanol–water partition coefficient (Wildman–Crippen LogP) is 1.49. The van der Waals surface area contributed by atoms with E-state index in [1.807, 2.05) is 0 Å². The third kappa shape index (κ3) is 3.23. The first-order chi connectivity index (χ1) is 8.49. The summed E-state index contributed by atoms with van der Waals surface area (Å²) in [6, 6.07) is 4.54. The monoisotopic (exact) mass is 334 g/mol. The highest BCUT2D eigenvalue weighted by molar-refractivity contribution is 9.10. The van der Waals surface area contributed by atoms with Gasteiger partial charge in [-0.1, -0.05) is 0 Å². The summed E-state index contributed by atoms with van der Waals surface area (Å²) < 4.78 is 32.8. The third-order valence-corrected chi connectivity index (χ3v) is 5.24. The number of rotatable bonds is 3. The van der Waals surface area contributed by atoms with Crippen molar-refractivity contribution in [2.45, 2.75) is 23.8 Å². The maximum Gasteiger partial charge on any atom is 0.242 e. The van der Waals surface area contributed by atoms with Crippen molar-refractivity contribution in [3.05, 3.63) is 22.7 Å². The number of nitrogen functional groups attached to an aromatic ring is 1. The Labute approximate surface area is 115 Å². The van der Waals surface area contributed by atoms with Crippen LogP contribution in [0.3, 0.4) is 0 Å². The number of sulfonamides is 1. The first-order valence-corrected chi connectivity index (χ1v) is 7.92. The van der Waals surface area contributed by atoms with Gasteiger partial charge in [-0.3, -0.25) is 0 Å². The minimum Gasteiger partial charge on any atom is -0.399 e. The van der Waals surface area contributed by atoms with E-state index in [0.29, 0.717) is 23.4 Å². The molecule has 7 heteroatoms. The number of nitrogens with two attached hydrogens (primary N) is 1. The van der Waals surface area contributed by atoms with Gasteiger partial charge in [0.05, 0.1) is 11.5 Å². The molecule has 1 aromatic carbocycles. The van der Waals surface area contributed by atoms with E-state index in [1.165, 1.54) is 6.07 Å². The van der Waals surface area contributed by atoms with Crippen LogP contribution in [0.1, 0.15) is 12.8 Å². The summed E-state index contributed by atoms with van der Waals surface area (Å²) >= 11 is 3.23. The lowest BCUT2D eigenvalue weighted by Crippen LogP contribution is -2.40. The van der Waals surface area contributed by atoms with Gasteiger partial charge >= 0.3 is 0 Å². The highest BCUT2D eigenvalue weighted by Crippen LogP contribution is 2.24. The van der Waals surface area contributed by atoms with Gasteiger partial charge in [0.1, 0.15) is 0 Å². The van der Waals surface area contributed by atoms with Crippen LogP contribution in [0.4, 0.5) is 5.69 Å². The van der Waals surface area contributed by atoms with Crippen molar-refractivity contribution in [1.29, 1.82) is 0 Å². The highest BCUT2D eigenvalue weighted by atomic mass is 79.9. The van der Waals surface area contributed by atoms with Crippen molar-refractivity contribution in [2.75, 3.05) is 18.9 Å². The molecule has 0 spiro atoms. The predicted molar refractivity (Wildman–Crippen MR) is 72.7 cm³/mol. The molecule has 18 heavy (non-hydrogen) atoms.